The highest BCUT2D eigenvalue weighted by Crippen LogP contribution is 2.44. The molecule has 1 aromatic rings. The molecule has 0 saturated heterocycles. The number of aliphatic imine (C=N–C) groups is 1. The molecule has 0 bridgehead atoms. The quantitative estimate of drug-likeness (QED) is 0.598. The number of hydrogen-bond donors (Lipinski definition) is 2. The monoisotopic (exact) mass is 289 g/mol. The summed E-state index contributed by atoms with van der Waals surface area (Å²) in [4.78, 5) is 4.55. The van der Waals surface area contributed by atoms with Crippen LogP contribution in [0.4, 0.5) is 5.69 Å². The fraction of sp³-hybridized carbons (Fsp3) is 0.588. The Kier molecular flexibility index (Phi) is 5.62. The molecule has 2 rings (SSSR count). The first-order valence-corrected chi connectivity index (χ1v) is 7.82. The van der Waals surface area contributed by atoms with E-state index in [4.69, 9.17) is 10.5 Å². The standard InChI is InChI=1S/C17H27N3O/c1-3-14-6-4-7-15(12-14)20-16(18)19-13-17(8-5-9-17)10-11-21-2/h4,6-7,12H,3,5,8-11,13H2,1-2H3,(H3,18,19,20). The molecule has 1 aliphatic carbocycles. The van der Waals surface area contributed by atoms with Crippen molar-refractivity contribution in [2.45, 2.75) is 39.0 Å². The predicted octanol–water partition coefficient (Wildman–Crippen LogP) is 3.18. The zero-order chi connectivity index (χ0) is 15.1. The van der Waals surface area contributed by atoms with E-state index < -0.39 is 0 Å². The number of nitrogens with zero attached hydrogens (tertiary/aromatic N) is 1. The topological polar surface area (TPSA) is 59.6 Å². The van der Waals surface area contributed by atoms with Crippen molar-refractivity contribution in [1.82, 2.24) is 0 Å². The number of aryl methyl sites for hydroxylation is 1. The summed E-state index contributed by atoms with van der Waals surface area (Å²) in [5.41, 5.74) is 8.64. The van der Waals surface area contributed by atoms with Crippen molar-refractivity contribution >= 4 is 11.6 Å². The fourth-order valence-corrected chi connectivity index (χ4v) is 2.79. The molecule has 0 radical (unpaired) electrons. The van der Waals surface area contributed by atoms with Crippen molar-refractivity contribution in [1.29, 1.82) is 0 Å². The van der Waals surface area contributed by atoms with Crippen LogP contribution in [0.5, 0.6) is 0 Å². The lowest BCUT2D eigenvalue weighted by Crippen LogP contribution is -2.35. The van der Waals surface area contributed by atoms with Gasteiger partial charge >= 0.3 is 0 Å². The second kappa shape index (κ2) is 7.46. The van der Waals surface area contributed by atoms with Gasteiger partial charge in [-0.15, -0.1) is 0 Å². The maximum absolute atomic E-state index is 6.02. The summed E-state index contributed by atoms with van der Waals surface area (Å²) in [5.74, 6) is 0.506. The van der Waals surface area contributed by atoms with E-state index in [1.54, 1.807) is 7.11 Å². The fourth-order valence-electron chi connectivity index (χ4n) is 2.79. The molecule has 0 amide bonds. The van der Waals surface area contributed by atoms with Crippen molar-refractivity contribution in [3.8, 4) is 0 Å². The summed E-state index contributed by atoms with van der Waals surface area (Å²) in [6, 6.07) is 8.30. The molecule has 0 aromatic heterocycles. The average molecular weight is 289 g/mol. The van der Waals surface area contributed by atoms with E-state index in [2.05, 4.69) is 29.4 Å². The molecule has 1 aromatic carbocycles. The van der Waals surface area contributed by atoms with Crippen LogP contribution in [0.25, 0.3) is 0 Å². The minimum absolute atomic E-state index is 0.313. The number of hydrogen-bond acceptors (Lipinski definition) is 2. The highest BCUT2D eigenvalue weighted by atomic mass is 16.5. The summed E-state index contributed by atoms with van der Waals surface area (Å²) >= 11 is 0. The van der Waals surface area contributed by atoms with Crippen LogP contribution in [0.15, 0.2) is 29.3 Å². The van der Waals surface area contributed by atoms with Crippen LogP contribution in [0.2, 0.25) is 0 Å². The Hall–Kier alpha value is -1.55. The lowest BCUT2D eigenvalue weighted by Gasteiger charge is -2.40. The maximum atomic E-state index is 6.02. The summed E-state index contributed by atoms with van der Waals surface area (Å²) in [7, 11) is 1.76. The summed E-state index contributed by atoms with van der Waals surface area (Å²) in [6.07, 6.45) is 5.86. The number of methoxy groups -OCH3 is 1. The Morgan fingerprint density at radius 3 is 2.86 bits per heavy atom. The largest absolute Gasteiger partial charge is 0.385 e. The zero-order valence-corrected chi connectivity index (χ0v) is 13.2. The van der Waals surface area contributed by atoms with Crippen LogP contribution in [0.1, 0.15) is 38.2 Å². The van der Waals surface area contributed by atoms with Crippen molar-refractivity contribution in [2.75, 3.05) is 25.6 Å². The molecule has 0 atom stereocenters. The van der Waals surface area contributed by atoms with Crippen LogP contribution in [-0.4, -0.2) is 26.2 Å². The van der Waals surface area contributed by atoms with Crippen molar-refractivity contribution < 1.29 is 4.74 Å². The normalized spacial score (nSPS) is 17.3. The van der Waals surface area contributed by atoms with Gasteiger partial charge in [-0.2, -0.15) is 0 Å². The first kappa shape index (κ1) is 15.8. The lowest BCUT2D eigenvalue weighted by molar-refractivity contribution is 0.0780. The average Bonchev–Trinajstić information content (AvgIpc) is 2.46. The summed E-state index contributed by atoms with van der Waals surface area (Å²) < 4.78 is 5.21. The number of guanidine groups is 1. The van der Waals surface area contributed by atoms with Gasteiger partial charge in [-0.1, -0.05) is 25.5 Å². The van der Waals surface area contributed by atoms with Gasteiger partial charge in [-0.05, 0) is 48.8 Å². The minimum atomic E-state index is 0.313. The molecule has 116 valence electrons. The molecule has 4 nitrogen and oxygen atoms in total. The third-order valence-corrected chi connectivity index (χ3v) is 4.44. The van der Waals surface area contributed by atoms with E-state index in [9.17, 15) is 0 Å². The molecular formula is C17H27N3O. The van der Waals surface area contributed by atoms with Gasteiger partial charge in [0.1, 0.15) is 0 Å². The molecule has 0 heterocycles. The molecule has 0 aliphatic heterocycles. The first-order chi connectivity index (χ1) is 10.2. The van der Waals surface area contributed by atoms with E-state index in [0.717, 1.165) is 31.7 Å². The molecule has 1 saturated carbocycles. The maximum Gasteiger partial charge on any atom is 0.193 e. The number of nitrogens with two attached hydrogens (primary N) is 1. The van der Waals surface area contributed by atoms with Gasteiger partial charge < -0.3 is 15.8 Å². The number of nitrogens with one attached hydrogen (secondary N) is 1. The number of anilines is 1. The summed E-state index contributed by atoms with van der Waals surface area (Å²) in [6.45, 7) is 3.75. The molecule has 1 aliphatic rings. The third-order valence-electron chi connectivity index (χ3n) is 4.44. The van der Waals surface area contributed by atoms with E-state index in [1.165, 1.54) is 24.8 Å². The molecule has 0 unspecified atom stereocenters. The van der Waals surface area contributed by atoms with E-state index in [0.29, 0.717) is 11.4 Å². The Morgan fingerprint density at radius 1 is 1.43 bits per heavy atom. The first-order valence-electron chi connectivity index (χ1n) is 7.82. The second-order valence-corrected chi connectivity index (χ2v) is 5.98. The molecule has 3 N–H and O–H groups in total. The molecule has 1 fully saturated rings. The van der Waals surface area contributed by atoms with E-state index in [1.807, 2.05) is 12.1 Å². The Balaban J connectivity index is 1.91. The van der Waals surface area contributed by atoms with Gasteiger partial charge in [0, 0.05) is 25.9 Å². The van der Waals surface area contributed by atoms with Crippen LogP contribution in [-0.2, 0) is 11.2 Å². The molecular weight excluding hydrogens is 262 g/mol. The van der Waals surface area contributed by atoms with Gasteiger partial charge in [0.15, 0.2) is 5.96 Å². The molecule has 0 spiro atoms. The summed E-state index contributed by atoms with van der Waals surface area (Å²) in [5, 5.41) is 3.19. The Bertz CT molecular complexity index is 481. The van der Waals surface area contributed by atoms with E-state index in [-0.39, 0.29) is 0 Å². The van der Waals surface area contributed by atoms with E-state index >= 15 is 0 Å². The Labute approximate surface area is 127 Å². The lowest BCUT2D eigenvalue weighted by atomic mass is 9.67. The second-order valence-electron chi connectivity index (χ2n) is 5.98. The predicted molar refractivity (Wildman–Crippen MR) is 88.7 cm³/mol. The van der Waals surface area contributed by atoms with Crippen LogP contribution in [0, 0.1) is 5.41 Å². The smallest absolute Gasteiger partial charge is 0.193 e. The van der Waals surface area contributed by atoms with Gasteiger partial charge in [0.25, 0.3) is 0 Å². The minimum Gasteiger partial charge on any atom is -0.385 e. The SMILES string of the molecule is CCc1cccc(NC(N)=NCC2(CCOC)CCC2)c1. The number of rotatable bonds is 7. The number of ether oxygens (including phenoxy) is 1. The van der Waals surface area contributed by atoms with Crippen molar-refractivity contribution in [3.05, 3.63) is 29.8 Å². The van der Waals surface area contributed by atoms with Gasteiger partial charge in [-0.25, -0.2) is 0 Å². The highest BCUT2D eigenvalue weighted by molar-refractivity contribution is 5.92. The molecule has 21 heavy (non-hydrogen) atoms. The van der Waals surface area contributed by atoms with Crippen LogP contribution < -0.4 is 11.1 Å². The van der Waals surface area contributed by atoms with Crippen molar-refractivity contribution in [3.63, 3.8) is 0 Å². The van der Waals surface area contributed by atoms with Crippen LogP contribution >= 0.6 is 0 Å². The van der Waals surface area contributed by atoms with Gasteiger partial charge in [0.2, 0.25) is 0 Å². The molecule has 4 heteroatoms. The highest BCUT2D eigenvalue weighted by Gasteiger charge is 2.36. The van der Waals surface area contributed by atoms with Gasteiger partial charge in [0.05, 0.1) is 0 Å². The zero-order valence-electron chi connectivity index (χ0n) is 13.2. The van der Waals surface area contributed by atoms with Crippen molar-refractivity contribution in [2.24, 2.45) is 16.1 Å². The van der Waals surface area contributed by atoms with Crippen LogP contribution in [0.3, 0.4) is 0 Å². The third kappa shape index (κ3) is 4.46. The van der Waals surface area contributed by atoms with Gasteiger partial charge in [-0.3, -0.25) is 4.99 Å². The Morgan fingerprint density at radius 2 is 2.24 bits per heavy atom. The number of benzene rings is 1.